The molecular formula is C27H30O15. The fourth-order valence-electron chi connectivity index (χ4n) is 4.83. The molecule has 0 unspecified atom stereocenters. The molecule has 10 atom stereocenters. The number of benzene rings is 2. The molecule has 2 aliphatic rings. The fraction of sp³-hybridized carbons (Fsp3) is 0.444. The Morgan fingerprint density at radius 2 is 1.45 bits per heavy atom. The molecule has 228 valence electrons. The lowest BCUT2D eigenvalue weighted by atomic mass is 9.98. The summed E-state index contributed by atoms with van der Waals surface area (Å²) >= 11 is 0. The van der Waals surface area contributed by atoms with E-state index in [-0.39, 0.29) is 22.7 Å². The van der Waals surface area contributed by atoms with E-state index in [0.717, 1.165) is 12.1 Å². The molecule has 0 spiro atoms. The molecule has 3 aromatic rings. The highest BCUT2D eigenvalue weighted by atomic mass is 16.7. The minimum Gasteiger partial charge on any atom is -0.508 e. The standard InChI is InChI=1S/C27H30O15/c1-9-17(31)20(34)22(36)26(39-9)38-8-15-18(32)21(35)23(37)27(41-15)42-25-19(33)16-13(30)6-10(28)7-14(16)40-24(25)11-4-2-3-5-12(11)29/h2-7,9,15,17-18,20-23,26-32,34-37H,8H2,1H3/t9-,15-,17-,18+,20+,21+,22+,23-,26+,27-/m0/s1. The molecule has 5 rings (SSSR count). The summed E-state index contributed by atoms with van der Waals surface area (Å²) in [6, 6.07) is 7.63. The summed E-state index contributed by atoms with van der Waals surface area (Å²) < 4.78 is 27.9. The van der Waals surface area contributed by atoms with E-state index in [1.165, 1.54) is 31.2 Å². The number of aliphatic hydroxyl groups excluding tert-OH is 6. The van der Waals surface area contributed by atoms with Gasteiger partial charge in [-0.3, -0.25) is 4.79 Å². The lowest BCUT2D eigenvalue weighted by Crippen LogP contribution is -2.61. The Labute approximate surface area is 236 Å². The highest BCUT2D eigenvalue weighted by molar-refractivity contribution is 5.88. The van der Waals surface area contributed by atoms with Crippen molar-refractivity contribution in [1.29, 1.82) is 0 Å². The summed E-state index contributed by atoms with van der Waals surface area (Å²) in [5, 5.41) is 92.1. The number of phenolic OH excluding ortho intramolecular Hbond substituents is 3. The van der Waals surface area contributed by atoms with Crippen molar-refractivity contribution in [2.45, 2.75) is 68.3 Å². The van der Waals surface area contributed by atoms with Crippen LogP contribution in [0.3, 0.4) is 0 Å². The second-order valence-electron chi connectivity index (χ2n) is 10.1. The van der Waals surface area contributed by atoms with Crippen LogP contribution in [0.4, 0.5) is 0 Å². The molecule has 0 bridgehead atoms. The number of hydrogen-bond donors (Lipinski definition) is 9. The first-order valence-electron chi connectivity index (χ1n) is 12.9. The van der Waals surface area contributed by atoms with Gasteiger partial charge in [0.1, 0.15) is 70.9 Å². The summed E-state index contributed by atoms with van der Waals surface area (Å²) in [6.07, 6.45) is -15.9. The molecule has 0 amide bonds. The molecule has 2 aliphatic heterocycles. The topological polar surface area (TPSA) is 249 Å². The van der Waals surface area contributed by atoms with Crippen molar-refractivity contribution in [2.24, 2.45) is 0 Å². The Bertz CT molecular complexity index is 1490. The van der Waals surface area contributed by atoms with Gasteiger partial charge < -0.3 is 69.3 Å². The summed E-state index contributed by atoms with van der Waals surface area (Å²) in [5.41, 5.74) is -1.29. The number of aliphatic hydroxyl groups is 6. The maximum atomic E-state index is 13.6. The Kier molecular flexibility index (Phi) is 8.30. The Hall–Kier alpha value is -3.51. The van der Waals surface area contributed by atoms with Crippen LogP contribution in [-0.4, -0.2) is 114 Å². The van der Waals surface area contributed by atoms with Gasteiger partial charge in [-0.2, -0.15) is 0 Å². The molecule has 15 nitrogen and oxygen atoms in total. The molecule has 15 heteroatoms. The van der Waals surface area contributed by atoms with E-state index in [1.54, 1.807) is 0 Å². The lowest BCUT2D eigenvalue weighted by Gasteiger charge is -2.42. The molecule has 42 heavy (non-hydrogen) atoms. The molecule has 2 saturated heterocycles. The van der Waals surface area contributed by atoms with Crippen LogP contribution in [0, 0.1) is 0 Å². The zero-order chi connectivity index (χ0) is 30.5. The third kappa shape index (κ3) is 5.37. The van der Waals surface area contributed by atoms with E-state index in [0.29, 0.717) is 0 Å². The SMILES string of the molecule is C[C@@H]1O[C@@H](OC[C@@H]2O[C@@H](Oc3c(-c4ccccc4O)oc4cc(O)cc(O)c4c3=O)[C@@H](O)[C@H](O)[C@@H]2O)[C@H](O)[C@H](O)[C@H]1O. The van der Waals surface area contributed by atoms with Crippen molar-refractivity contribution >= 4 is 11.0 Å². The smallest absolute Gasteiger partial charge is 0.239 e. The van der Waals surface area contributed by atoms with Crippen LogP contribution in [0.25, 0.3) is 22.3 Å². The number of aromatic hydroxyl groups is 3. The first kappa shape index (κ1) is 30.0. The second-order valence-corrected chi connectivity index (χ2v) is 10.1. The van der Waals surface area contributed by atoms with E-state index in [1.807, 2.05) is 0 Å². The maximum Gasteiger partial charge on any atom is 0.239 e. The van der Waals surface area contributed by atoms with Crippen LogP contribution in [0.15, 0.2) is 45.6 Å². The quantitative estimate of drug-likeness (QED) is 0.159. The van der Waals surface area contributed by atoms with Gasteiger partial charge in [0.15, 0.2) is 12.1 Å². The van der Waals surface area contributed by atoms with Gasteiger partial charge in [0.2, 0.25) is 17.5 Å². The van der Waals surface area contributed by atoms with Crippen LogP contribution in [0.5, 0.6) is 23.0 Å². The molecule has 1 aromatic heterocycles. The highest BCUT2D eigenvalue weighted by Gasteiger charge is 2.47. The molecule has 2 aromatic carbocycles. The van der Waals surface area contributed by atoms with Crippen molar-refractivity contribution in [1.82, 2.24) is 0 Å². The average Bonchev–Trinajstić information content (AvgIpc) is 2.95. The number of ether oxygens (including phenoxy) is 4. The van der Waals surface area contributed by atoms with Crippen molar-refractivity contribution in [3.05, 3.63) is 46.6 Å². The number of hydrogen-bond acceptors (Lipinski definition) is 15. The average molecular weight is 595 g/mol. The molecule has 0 saturated carbocycles. The fourth-order valence-corrected chi connectivity index (χ4v) is 4.83. The molecule has 3 heterocycles. The van der Waals surface area contributed by atoms with E-state index < -0.39 is 96.1 Å². The van der Waals surface area contributed by atoms with Crippen molar-refractivity contribution in [3.8, 4) is 34.3 Å². The number of phenols is 3. The number of rotatable bonds is 6. The minimum absolute atomic E-state index is 0.0431. The molecule has 2 fully saturated rings. The third-order valence-electron chi connectivity index (χ3n) is 7.20. The summed E-state index contributed by atoms with van der Waals surface area (Å²) in [7, 11) is 0. The zero-order valence-corrected chi connectivity index (χ0v) is 21.9. The molecule has 0 radical (unpaired) electrons. The number of fused-ring (bicyclic) bond motifs is 1. The molecule has 0 aliphatic carbocycles. The van der Waals surface area contributed by atoms with Crippen molar-refractivity contribution in [3.63, 3.8) is 0 Å². The van der Waals surface area contributed by atoms with Gasteiger partial charge in [-0.15, -0.1) is 0 Å². The van der Waals surface area contributed by atoms with Gasteiger partial charge >= 0.3 is 0 Å². The second kappa shape index (κ2) is 11.6. The Morgan fingerprint density at radius 1 is 0.786 bits per heavy atom. The van der Waals surface area contributed by atoms with E-state index in [9.17, 15) is 50.8 Å². The molecule has 9 N–H and O–H groups in total. The van der Waals surface area contributed by atoms with Gasteiger partial charge in [0.25, 0.3) is 0 Å². The van der Waals surface area contributed by atoms with E-state index >= 15 is 0 Å². The first-order valence-corrected chi connectivity index (χ1v) is 12.9. The van der Waals surface area contributed by atoms with E-state index in [4.69, 9.17) is 23.4 Å². The van der Waals surface area contributed by atoms with Gasteiger partial charge in [-0.25, -0.2) is 0 Å². The van der Waals surface area contributed by atoms with Gasteiger partial charge in [0, 0.05) is 12.1 Å². The predicted octanol–water partition coefficient (Wildman–Crippen LogP) is -1.39. The van der Waals surface area contributed by atoms with Crippen LogP contribution >= 0.6 is 0 Å². The Balaban J connectivity index is 1.47. The third-order valence-corrected chi connectivity index (χ3v) is 7.20. The minimum atomic E-state index is -1.94. The van der Waals surface area contributed by atoms with Crippen molar-refractivity contribution in [2.75, 3.05) is 6.61 Å². The number of para-hydroxylation sites is 1. The summed E-state index contributed by atoms with van der Waals surface area (Å²) in [5.74, 6) is -2.45. The molecular weight excluding hydrogens is 564 g/mol. The summed E-state index contributed by atoms with van der Waals surface area (Å²) in [6.45, 7) is 0.850. The van der Waals surface area contributed by atoms with Crippen LogP contribution in [0.2, 0.25) is 0 Å². The van der Waals surface area contributed by atoms with Crippen molar-refractivity contribution < 1.29 is 69.3 Å². The predicted molar refractivity (Wildman–Crippen MR) is 139 cm³/mol. The van der Waals surface area contributed by atoms with Gasteiger partial charge in [0.05, 0.1) is 18.3 Å². The van der Waals surface area contributed by atoms with Crippen LogP contribution in [-0.2, 0) is 14.2 Å². The van der Waals surface area contributed by atoms with E-state index in [2.05, 4.69) is 0 Å². The van der Waals surface area contributed by atoms with Crippen LogP contribution in [0.1, 0.15) is 6.92 Å². The normalized spacial score (nSPS) is 33.5. The van der Waals surface area contributed by atoms with Gasteiger partial charge in [-0.1, -0.05) is 12.1 Å². The van der Waals surface area contributed by atoms with Crippen LogP contribution < -0.4 is 10.2 Å². The lowest BCUT2D eigenvalue weighted by molar-refractivity contribution is -0.318. The zero-order valence-electron chi connectivity index (χ0n) is 21.9. The first-order chi connectivity index (χ1) is 19.9. The monoisotopic (exact) mass is 594 g/mol. The largest absolute Gasteiger partial charge is 0.508 e. The summed E-state index contributed by atoms with van der Waals surface area (Å²) in [4.78, 5) is 13.6. The maximum absolute atomic E-state index is 13.6. The van der Waals surface area contributed by atoms with Gasteiger partial charge in [-0.05, 0) is 19.1 Å². The Morgan fingerprint density at radius 3 is 2.17 bits per heavy atom. The highest BCUT2D eigenvalue weighted by Crippen LogP contribution is 2.40.